The molecule has 0 unspecified atom stereocenters. The molecule has 1 amide bonds. The number of carbonyl (C=O) groups excluding carboxylic acids is 1. The molecular formula is C27H27FN4O2. The van der Waals surface area contributed by atoms with E-state index in [1.54, 1.807) is 29.2 Å². The highest BCUT2D eigenvalue weighted by atomic mass is 19.1. The normalized spacial score (nSPS) is 11.1. The molecule has 0 saturated heterocycles. The Morgan fingerprint density at radius 2 is 1.56 bits per heavy atom. The summed E-state index contributed by atoms with van der Waals surface area (Å²) >= 11 is 0. The Balaban J connectivity index is 1.52. The number of amides is 1. The van der Waals surface area contributed by atoms with Crippen molar-refractivity contribution < 1.29 is 13.6 Å². The van der Waals surface area contributed by atoms with Crippen LogP contribution in [-0.4, -0.2) is 53.1 Å². The standard InChI is InChI=1S/C27H27FN4O2/c1-19-6-4-5-7-24(19)26-30-29-25(34-26)21-10-12-22(13-11-21)27(33)32(17-16-31(2)3)18-20-8-14-23(28)15-9-20/h4-15H,16-18H2,1-3H3. The van der Waals surface area contributed by atoms with Gasteiger partial charge in [0.15, 0.2) is 0 Å². The summed E-state index contributed by atoms with van der Waals surface area (Å²) in [7, 11) is 3.93. The lowest BCUT2D eigenvalue weighted by Crippen LogP contribution is -2.36. The minimum atomic E-state index is -0.294. The average molecular weight is 459 g/mol. The van der Waals surface area contributed by atoms with Gasteiger partial charge in [-0.15, -0.1) is 10.2 Å². The van der Waals surface area contributed by atoms with Crippen molar-refractivity contribution >= 4 is 5.91 Å². The molecule has 0 aliphatic carbocycles. The summed E-state index contributed by atoms with van der Waals surface area (Å²) in [6.07, 6.45) is 0. The lowest BCUT2D eigenvalue weighted by Gasteiger charge is -2.25. The Bertz CT molecular complexity index is 1250. The van der Waals surface area contributed by atoms with Gasteiger partial charge in [0, 0.05) is 36.3 Å². The van der Waals surface area contributed by atoms with Gasteiger partial charge in [0.1, 0.15) is 5.82 Å². The number of aromatic nitrogens is 2. The Kier molecular flexibility index (Phi) is 7.13. The second kappa shape index (κ2) is 10.4. The summed E-state index contributed by atoms with van der Waals surface area (Å²) < 4.78 is 19.2. The van der Waals surface area contributed by atoms with Gasteiger partial charge >= 0.3 is 0 Å². The van der Waals surface area contributed by atoms with Crippen molar-refractivity contribution in [3.63, 3.8) is 0 Å². The number of nitrogens with zero attached hydrogens (tertiary/aromatic N) is 4. The molecule has 1 aromatic heterocycles. The van der Waals surface area contributed by atoms with Gasteiger partial charge < -0.3 is 14.2 Å². The van der Waals surface area contributed by atoms with Crippen molar-refractivity contribution in [1.29, 1.82) is 0 Å². The maximum atomic E-state index is 13.3. The second-order valence-corrected chi connectivity index (χ2v) is 8.46. The van der Waals surface area contributed by atoms with Crippen LogP contribution in [0.5, 0.6) is 0 Å². The average Bonchev–Trinajstić information content (AvgIpc) is 3.33. The maximum absolute atomic E-state index is 13.3. The Hall–Kier alpha value is -3.84. The summed E-state index contributed by atoms with van der Waals surface area (Å²) in [5, 5.41) is 8.36. The molecule has 7 heteroatoms. The van der Waals surface area contributed by atoms with Gasteiger partial charge in [0.25, 0.3) is 5.91 Å². The van der Waals surface area contributed by atoms with E-state index in [4.69, 9.17) is 4.42 Å². The van der Waals surface area contributed by atoms with Gasteiger partial charge in [-0.2, -0.15) is 0 Å². The van der Waals surface area contributed by atoms with Crippen LogP contribution in [-0.2, 0) is 6.54 Å². The van der Waals surface area contributed by atoms with Gasteiger partial charge in [-0.3, -0.25) is 4.79 Å². The van der Waals surface area contributed by atoms with Crippen LogP contribution in [0.2, 0.25) is 0 Å². The summed E-state index contributed by atoms with van der Waals surface area (Å²) in [5.41, 5.74) is 4.12. The van der Waals surface area contributed by atoms with Crippen molar-refractivity contribution in [3.8, 4) is 22.9 Å². The fourth-order valence-corrected chi connectivity index (χ4v) is 3.58. The molecular weight excluding hydrogens is 431 g/mol. The number of carbonyl (C=O) groups is 1. The van der Waals surface area contributed by atoms with E-state index in [0.29, 0.717) is 37.0 Å². The molecule has 174 valence electrons. The van der Waals surface area contributed by atoms with Crippen LogP contribution in [0, 0.1) is 12.7 Å². The lowest BCUT2D eigenvalue weighted by atomic mass is 10.1. The van der Waals surface area contributed by atoms with Gasteiger partial charge in [0.05, 0.1) is 0 Å². The van der Waals surface area contributed by atoms with Crippen molar-refractivity contribution in [3.05, 3.63) is 95.3 Å². The maximum Gasteiger partial charge on any atom is 0.254 e. The number of hydrogen-bond donors (Lipinski definition) is 0. The molecule has 34 heavy (non-hydrogen) atoms. The molecule has 0 fully saturated rings. The molecule has 4 rings (SSSR count). The zero-order valence-corrected chi connectivity index (χ0v) is 19.5. The molecule has 4 aromatic rings. The van der Waals surface area contributed by atoms with Gasteiger partial charge in [0.2, 0.25) is 11.8 Å². The van der Waals surface area contributed by atoms with Crippen LogP contribution in [0.1, 0.15) is 21.5 Å². The van der Waals surface area contributed by atoms with E-state index in [0.717, 1.165) is 22.3 Å². The van der Waals surface area contributed by atoms with Crippen molar-refractivity contribution in [2.75, 3.05) is 27.2 Å². The molecule has 0 saturated carbocycles. The van der Waals surface area contributed by atoms with E-state index in [1.807, 2.05) is 62.3 Å². The first-order chi connectivity index (χ1) is 16.4. The highest BCUT2D eigenvalue weighted by Crippen LogP contribution is 2.26. The molecule has 3 aromatic carbocycles. The number of likely N-dealkylation sites (N-methyl/N-ethyl adjacent to an activating group) is 1. The van der Waals surface area contributed by atoms with Crippen molar-refractivity contribution in [1.82, 2.24) is 20.0 Å². The Morgan fingerprint density at radius 3 is 2.24 bits per heavy atom. The first kappa shape index (κ1) is 23.3. The zero-order chi connectivity index (χ0) is 24.1. The van der Waals surface area contributed by atoms with Crippen LogP contribution in [0.3, 0.4) is 0 Å². The van der Waals surface area contributed by atoms with E-state index < -0.39 is 0 Å². The van der Waals surface area contributed by atoms with Crippen molar-refractivity contribution in [2.45, 2.75) is 13.5 Å². The summed E-state index contributed by atoms with van der Waals surface area (Å²) in [4.78, 5) is 17.1. The third-order valence-electron chi connectivity index (χ3n) is 5.57. The highest BCUT2D eigenvalue weighted by Gasteiger charge is 2.18. The fraction of sp³-hybridized carbons (Fsp3) is 0.222. The summed E-state index contributed by atoms with van der Waals surface area (Å²) in [5.74, 6) is 0.469. The van der Waals surface area contributed by atoms with E-state index in [1.165, 1.54) is 12.1 Å². The topological polar surface area (TPSA) is 62.5 Å². The van der Waals surface area contributed by atoms with Gasteiger partial charge in [-0.25, -0.2) is 4.39 Å². The van der Waals surface area contributed by atoms with Crippen LogP contribution < -0.4 is 0 Å². The first-order valence-electron chi connectivity index (χ1n) is 11.1. The third-order valence-corrected chi connectivity index (χ3v) is 5.57. The fourth-order valence-electron chi connectivity index (χ4n) is 3.58. The minimum Gasteiger partial charge on any atom is -0.416 e. The highest BCUT2D eigenvalue weighted by molar-refractivity contribution is 5.94. The molecule has 6 nitrogen and oxygen atoms in total. The van der Waals surface area contributed by atoms with Crippen molar-refractivity contribution in [2.24, 2.45) is 0 Å². The number of hydrogen-bond acceptors (Lipinski definition) is 5. The van der Waals surface area contributed by atoms with E-state index in [-0.39, 0.29) is 11.7 Å². The van der Waals surface area contributed by atoms with E-state index in [2.05, 4.69) is 10.2 Å². The van der Waals surface area contributed by atoms with Crippen LogP contribution in [0.25, 0.3) is 22.9 Å². The Labute approximate surface area is 198 Å². The predicted molar refractivity (Wildman–Crippen MR) is 130 cm³/mol. The Morgan fingerprint density at radius 1 is 0.882 bits per heavy atom. The monoisotopic (exact) mass is 458 g/mol. The van der Waals surface area contributed by atoms with Crippen LogP contribution >= 0.6 is 0 Å². The molecule has 0 bridgehead atoms. The second-order valence-electron chi connectivity index (χ2n) is 8.46. The molecule has 0 N–H and O–H groups in total. The van der Waals surface area contributed by atoms with Crippen LogP contribution in [0.4, 0.5) is 4.39 Å². The van der Waals surface area contributed by atoms with Crippen LogP contribution in [0.15, 0.2) is 77.2 Å². The summed E-state index contributed by atoms with van der Waals surface area (Å²) in [6, 6.07) is 21.2. The number of halogens is 1. The van der Waals surface area contributed by atoms with Gasteiger partial charge in [-0.1, -0.05) is 30.3 Å². The van der Waals surface area contributed by atoms with E-state index in [9.17, 15) is 9.18 Å². The summed E-state index contributed by atoms with van der Waals surface area (Å²) in [6.45, 7) is 3.66. The number of aryl methyl sites for hydroxylation is 1. The quantitative estimate of drug-likeness (QED) is 0.370. The molecule has 0 atom stereocenters. The molecule has 0 radical (unpaired) electrons. The smallest absolute Gasteiger partial charge is 0.254 e. The largest absolute Gasteiger partial charge is 0.416 e. The third kappa shape index (κ3) is 5.55. The first-order valence-corrected chi connectivity index (χ1v) is 11.1. The lowest BCUT2D eigenvalue weighted by molar-refractivity contribution is 0.0732. The molecule has 0 spiro atoms. The SMILES string of the molecule is Cc1ccccc1-c1nnc(-c2ccc(C(=O)N(CCN(C)C)Cc3ccc(F)cc3)cc2)o1. The zero-order valence-electron chi connectivity index (χ0n) is 19.5. The van der Waals surface area contributed by atoms with Gasteiger partial charge in [-0.05, 0) is 74.6 Å². The molecule has 1 heterocycles. The number of benzene rings is 3. The number of rotatable bonds is 8. The molecule has 0 aliphatic rings. The molecule has 0 aliphatic heterocycles. The van der Waals surface area contributed by atoms with E-state index >= 15 is 0 Å². The predicted octanol–water partition coefficient (Wildman–Crippen LogP) is 5.06. The minimum absolute atomic E-state index is 0.0937.